The Morgan fingerprint density at radius 2 is 1.84 bits per heavy atom. The van der Waals surface area contributed by atoms with Gasteiger partial charge in [-0.05, 0) is 36.7 Å². The zero-order valence-corrected chi connectivity index (χ0v) is 12.0. The van der Waals surface area contributed by atoms with E-state index in [4.69, 9.17) is 23.2 Å². The van der Waals surface area contributed by atoms with Crippen LogP contribution in [0.2, 0.25) is 10.0 Å². The molecule has 0 amide bonds. The molecule has 1 nitrogen and oxygen atoms in total. The van der Waals surface area contributed by atoms with Gasteiger partial charge in [0.1, 0.15) is 5.82 Å². The van der Waals surface area contributed by atoms with Crippen LogP contribution >= 0.6 is 23.2 Å². The SMILES string of the molecule is CNC(Cc1ccccc1Cl)c1cccc(F)c1Cl. The van der Waals surface area contributed by atoms with Gasteiger partial charge in [0.15, 0.2) is 0 Å². The minimum atomic E-state index is -0.404. The van der Waals surface area contributed by atoms with Crippen LogP contribution in [0.15, 0.2) is 42.5 Å². The molecule has 0 fully saturated rings. The van der Waals surface area contributed by atoms with Crippen LogP contribution < -0.4 is 5.32 Å². The number of halogens is 3. The number of nitrogens with one attached hydrogen (secondary N) is 1. The predicted molar refractivity (Wildman–Crippen MR) is 78.4 cm³/mol. The molecule has 0 heterocycles. The van der Waals surface area contributed by atoms with Crippen molar-refractivity contribution in [2.75, 3.05) is 7.05 Å². The topological polar surface area (TPSA) is 12.0 Å². The average Bonchev–Trinajstić information content (AvgIpc) is 2.41. The van der Waals surface area contributed by atoms with Gasteiger partial charge in [0.2, 0.25) is 0 Å². The van der Waals surface area contributed by atoms with Gasteiger partial charge in [-0.1, -0.05) is 53.5 Å². The van der Waals surface area contributed by atoms with Crippen molar-refractivity contribution < 1.29 is 4.39 Å². The fourth-order valence-electron chi connectivity index (χ4n) is 2.04. The maximum absolute atomic E-state index is 13.5. The number of likely N-dealkylation sites (N-methyl/N-ethyl adjacent to an activating group) is 1. The van der Waals surface area contributed by atoms with Crippen molar-refractivity contribution in [3.05, 3.63) is 69.5 Å². The summed E-state index contributed by atoms with van der Waals surface area (Å²) in [6.45, 7) is 0. The van der Waals surface area contributed by atoms with E-state index in [1.165, 1.54) is 6.07 Å². The standard InChI is InChI=1S/C15H14Cl2FN/c1-19-14(9-10-5-2-3-7-12(10)16)11-6-4-8-13(18)15(11)17/h2-8,14,19H,9H2,1H3. The van der Waals surface area contributed by atoms with E-state index in [9.17, 15) is 4.39 Å². The summed E-state index contributed by atoms with van der Waals surface area (Å²) >= 11 is 12.2. The Balaban J connectivity index is 2.31. The van der Waals surface area contributed by atoms with Crippen LogP contribution in [0.1, 0.15) is 17.2 Å². The van der Waals surface area contributed by atoms with Gasteiger partial charge >= 0.3 is 0 Å². The number of rotatable bonds is 4. The average molecular weight is 298 g/mol. The minimum Gasteiger partial charge on any atom is -0.313 e. The largest absolute Gasteiger partial charge is 0.313 e. The second kappa shape index (κ2) is 6.38. The molecule has 2 rings (SSSR count). The molecule has 0 radical (unpaired) electrons. The van der Waals surface area contributed by atoms with Gasteiger partial charge in [0.05, 0.1) is 5.02 Å². The molecule has 0 aliphatic rings. The zero-order valence-electron chi connectivity index (χ0n) is 10.5. The Hall–Kier alpha value is -1.09. The molecule has 4 heteroatoms. The molecule has 0 saturated carbocycles. The maximum atomic E-state index is 13.5. The highest BCUT2D eigenvalue weighted by Gasteiger charge is 2.16. The Labute approximate surface area is 122 Å². The lowest BCUT2D eigenvalue weighted by molar-refractivity contribution is 0.578. The Morgan fingerprint density at radius 1 is 1.11 bits per heavy atom. The van der Waals surface area contributed by atoms with E-state index in [-0.39, 0.29) is 11.1 Å². The third kappa shape index (κ3) is 3.27. The van der Waals surface area contributed by atoms with Crippen LogP contribution in [0.4, 0.5) is 4.39 Å². The molecule has 0 aliphatic heterocycles. The molecule has 1 N–H and O–H groups in total. The minimum absolute atomic E-state index is 0.0805. The van der Waals surface area contributed by atoms with Crippen LogP contribution in [-0.4, -0.2) is 7.05 Å². The van der Waals surface area contributed by atoms with Crippen molar-refractivity contribution >= 4 is 23.2 Å². The van der Waals surface area contributed by atoms with Gasteiger partial charge in [0, 0.05) is 11.1 Å². The van der Waals surface area contributed by atoms with E-state index in [0.29, 0.717) is 11.4 Å². The lowest BCUT2D eigenvalue weighted by Crippen LogP contribution is -2.19. The van der Waals surface area contributed by atoms with Crippen LogP contribution in [-0.2, 0) is 6.42 Å². The summed E-state index contributed by atoms with van der Waals surface area (Å²) < 4.78 is 13.5. The first-order valence-electron chi connectivity index (χ1n) is 5.98. The molecular formula is C15H14Cl2FN. The summed E-state index contributed by atoms with van der Waals surface area (Å²) in [6.07, 6.45) is 0.652. The zero-order chi connectivity index (χ0) is 13.8. The summed E-state index contributed by atoms with van der Waals surface area (Å²) in [5.74, 6) is -0.404. The third-order valence-corrected chi connectivity index (χ3v) is 3.85. The lowest BCUT2D eigenvalue weighted by Gasteiger charge is -2.19. The van der Waals surface area contributed by atoms with Crippen molar-refractivity contribution in [2.45, 2.75) is 12.5 Å². The first-order chi connectivity index (χ1) is 9.13. The Bertz CT molecular complexity index is 572. The van der Waals surface area contributed by atoms with E-state index >= 15 is 0 Å². The predicted octanol–water partition coefficient (Wildman–Crippen LogP) is 4.64. The van der Waals surface area contributed by atoms with E-state index in [0.717, 1.165) is 11.1 Å². The first kappa shape index (κ1) is 14.3. The number of hydrogen-bond donors (Lipinski definition) is 1. The van der Waals surface area contributed by atoms with Crippen LogP contribution in [0.5, 0.6) is 0 Å². The summed E-state index contributed by atoms with van der Waals surface area (Å²) in [6, 6.07) is 12.4. The van der Waals surface area contributed by atoms with Crippen molar-refractivity contribution in [3.63, 3.8) is 0 Å². The summed E-state index contributed by atoms with van der Waals surface area (Å²) in [7, 11) is 1.82. The molecule has 1 atom stereocenters. The molecule has 0 saturated heterocycles. The molecule has 2 aromatic rings. The van der Waals surface area contributed by atoms with Crippen LogP contribution in [0.3, 0.4) is 0 Å². The van der Waals surface area contributed by atoms with Crippen molar-refractivity contribution in [2.24, 2.45) is 0 Å². The fraction of sp³-hybridized carbons (Fsp3) is 0.200. The number of hydrogen-bond acceptors (Lipinski definition) is 1. The Morgan fingerprint density at radius 3 is 2.53 bits per heavy atom. The van der Waals surface area contributed by atoms with Gasteiger partial charge in [0.25, 0.3) is 0 Å². The smallest absolute Gasteiger partial charge is 0.142 e. The second-order valence-electron chi connectivity index (χ2n) is 4.28. The monoisotopic (exact) mass is 297 g/mol. The fourth-order valence-corrected chi connectivity index (χ4v) is 2.51. The number of benzene rings is 2. The maximum Gasteiger partial charge on any atom is 0.142 e. The highest BCUT2D eigenvalue weighted by molar-refractivity contribution is 6.32. The molecule has 0 aromatic heterocycles. The summed E-state index contributed by atoms with van der Waals surface area (Å²) in [5, 5.41) is 4.02. The molecule has 0 aliphatic carbocycles. The molecule has 0 spiro atoms. The summed E-state index contributed by atoms with van der Waals surface area (Å²) in [5.41, 5.74) is 1.74. The van der Waals surface area contributed by atoms with Crippen LogP contribution in [0.25, 0.3) is 0 Å². The molecule has 1 unspecified atom stereocenters. The first-order valence-corrected chi connectivity index (χ1v) is 6.73. The lowest BCUT2D eigenvalue weighted by atomic mass is 9.99. The highest BCUT2D eigenvalue weighted by atomic mass is 35.5. The van der Waals surface area contributed by atoms with Crippen molar-refractivity contribution in [3.8, 4) is 0 Å². The van der Waals surface area contributed by atoms with E-state index in [1.54, 1.807) is 6.07 Å². The highest BCUT2D eigenvalue weighted by Crippen LogP contribution is 2.29. The molecule has 19 heavy (non-hydrogen) atoms. The quantitative estimate of drug-likeness (QED) is 0.867. The van der Waals surface area contributed by atoms with Gasteiger partial charge in [-0.25, -0.2) is 4.39 Å². The van der Waals surface area contributed by atoms with Gasteiger partial charge in [-0.2, -0.15) is 0 Å². The van der Waals surface area contributed by atoms with Crippen molar-refractivity contribution in [1.82, 2.24) is 5.32 Å². The van der Waals surface area contributed by atoms with Gasteiger partial charge in [-0.3, -0.25) is 0 Å². The van der Waals surface area contributed by atoms with E-state index in [2.05, 4.69) is 5.32 Å². The molecule has 2 aromatic carbocycles. The van der Waals surface area contributed by atoms with Gasteiger partial charge in [-0.15, -0.1) is 0 Å². The van der Waals surface area contributed by atoms with E-state index in [1.807, 2.05) is 37.4 Å². The molecule has 0 bridgehead atoms. The normalized spacial score (nSPS) is 12.4. The van der Waals surface area contributed by atoms with E-state index < -0.39 is 5.82 Å². The second-order valence-corrected chi connectivity index (χ2v) is 5.07. The van der Waals surface area contributed by atoms with Crippen LogP contribution in [0, 0.1) is 5.82 Å². The third-order valence-electron chi connectivity index (χ3n) is 3.09. The molecule has 100 valence electrons. The Kier molecular flexibility index (Phi) is 4.81. The molecular weight excluding hydrogens is 284 g/mol. The van der Waals surface area contributed by atoms with Gasteiger partial charge < -0.3 is 5.32 Å². The van der Waals surface area contributed by atoms with Crippen molar-refractivity contribution in [1.29, 1.82) is 0 Å². The summed E-state index contributed by atoms with van der Waals surface area (Å²) in [4.78, 5) is 0.